The highest BCUT2D eigenvalue weighted by molar-refractivity contribution is 7.99. The van der Waals surface area contributed by atoms with E-state index < -0.39 is 4.92 Å². The standard InChI is InChI=1S/C9H13N3O2S/c1-7(15-2)6-11-8-4-3-5-10-9(8)12(13)14/h3-5,7,11H,6H2,1-2H3. The number of nitrogens with one attached hydrogen (secondary N) is 1. The van der Waals surface area contributed by atoms with Crippen molar-refractivity contribution in [3.05, 3.63) is 28.4 Å². The molecule has 1 unspecified atom stereocenters. The molecule has 0 radical (unpaired) electrons. The number of nitro groups is 1. The van der Waals surface area contributed by atoms with Gasteiger partial charge in [-0.25, -0.2) is 0 Å². The molecule has 0 amide bonds. The molecular formula is C9H13N3O2S. The van der Waals surface area contributed by atoms with E-state index in [9.17, 15) is 10.1 Å². The van der Waals surface area contributed by atoms with E-state index in [1.807, 2.05) is 6.26 Å². The smallest absolute Gasteiger partial charge is 0.377 e. The van der Waals surface area contributed by atoms with Crippen LogP contribution in [0, 0.1) is 10.1 Å². The van der Waals surface area contributed by atoms with E-state index >= 15 is 0 Å². The summed E-state index contributed by atoms with van der Waals surface area (Å²) < 4.78 is 0. The first-order valence-electron chi connectivity index (χ1n) is 4.51. The molecule has 0 bridgehead atoms. The van der Waals surface area contributed by atoms with Crippen molar-refractivity contribution in [2.24, 2.45) is 0 Å². The number of rotatable bonds is 5. The Bertz CT molecular complexity index is 346. The maximum absolute atomic E-state index is 10.6. The molecule has 82 valence electrons. The Morgan fingerprint density at radius 1 is 1.73 bits per heavy atom. The lowest BCUT2D eigenvalue weighted by atomic mass is 10.3. The second-order valence-corrected chi connectivity index (χ2v) is 4.34. The fourth-order valence-corrected chi connectivity index (χ4v) is 1.27. The quantitative estimate of drug-likeness (QED) is 0.616. The summed E-state index contributed by atoms with van der Waals surface area (Å²) in [4.78, 5) is 13.9. The second kappa shape index (κ2) is 5.55. The molecule has 0 saturated carbocycles. The summed E-state index contributed by atoms with van der Waals surface area (Å²) in [5.74, 6) is -0.120. The fourth-order valence-electron chi connectivity index (χ4n) is 1.02. The van der Waals surface area contributed by atoms with Crippen molar-refractivity contribution in [3.8, 4) is 0 Å². The number of anilines is 1. The van der Waals surface area contributed by atoms with E-state index in [-0.39, 0.29) is 5.82 Å². The van der Waals surface area contributed by atoms with E-state index in [4.69, 9.17) is 0 Å². The van der Waals surface area contributed by atoms with E-state index in [0.29, 0.717) is 17.5 Å². The number of thioether (sulfide) groups is 1. The van der Waals surface area contributed by atoms with Crippen molar-refractivity contribution >= 4 is 23.3 Å². The van der Waals surface area contributed by atoms with Gasteiger partial charge in [-0.15, -0.1) is 0 Å². The molecule has 1 aromatic heterocycles. The average molecular weight is 227 g/mol. The largest absolute Gasteiger partial charge is 0.386 e. The first-order valence-corrected chi connectivity index (χ1v) is 5.80. The molecule has 5 nitrogen and oxygen atoms in total. The van der Waals surface area contributed by atoms with Crippen LogP contribution in [0.15, 0.2) is 18.3 Å². The Balaban J connectivity index is 2.72. The number of nitrogens with zero attached hydrogens (tertiary/aromatic N) is 2. The Hall–Kier alpha value is -1.30. The summed E-state index contributed by atoms with van der Waals surface area (Å²) in [6.07, 6.45) is 3.42. The molecule has 1 atom stereocenters. The van der Waals surface area contributed by atoms with Crippen molar-refractivity contribution in [1.29, 1.82) is 0 Å². The summed E-state index contributed by atoms with van der Waals surface area (Å²) in [5, 5.41) is 14.1. The maximum atomic E-state index is 10.6. The Labute approximate surface area is 92.4 Å². The minimum Gasteiger partial charge on any atom is -0.377 e. The van der Waals surface area contributed by atoms with Crippen molar-refractivity contribution < 1.29 is 4.92 Å². The van der Waals surface area contributed by atoms with Gasteiger partial charge < -0.3 is 15.4 Å². The van der Waals surface area contributed by atoms with Gasteiger partial charge in [0, 0.05) is 11.8 Å². The zero-order valence-electron chi connectivity index (χ0n) is 8.64. The topological polar surface area (TPSA) is 68.1 Å². The van der Waals surface area contributed by atoms with Crippen LogP contribution in [0.2, 0.25) is 0 Å². The molecule has 0 aliphatic carbocycles. The molecule has 0 fully saturated rings. The van der Waals surface area contributed by atoms with Gasteiger partial charge in [-0.1, -0.05) is 6.92 Å². The van der Waals surface area contributed by atoms with E-state index in [2.05, 4.69) is 17.2 Å². The maximum Gasteiger partial charge on any atom is 0.386 e. The molecule has 1 N–H and O–H groups in total. The van der Waals surface area contributed by atoms with Crippen LogP contribution >= 0.6 is 11.8 Å². The molecule has 0 aliphatic heterocycles. The van der Waals surface area contributed by atoms with Gasteiger partial charge in [0.1, 0.15) is 11.9 Å². The van der Waals surface area contributed by atoms with Crippen LogP contribution in [0.25, 0.3) is 0 Å². The fraction of sp³-hybridized carbons (Fsp3) is 0.444. The lowest BCUT2D eigenvalue weighted by molar-refractivity contribution is -0.388. The number of aromatic nitrogens is 1. The molecule has 15 heavy (non-hydrogen) atoms. The number of hydrogen-bond donors (Lipinski definition) is 1. The predicted molar refractivity (Wildman–Crippen MR) is 62.4 cm³/mol. The molecule has 0 aromatic carbocycles. The SMILES string of the molecule is CSC(C)CNc1cccnc1[N+](=O)[O-]. The van der Waals surface area contributed by atoms with Crippen molar-refractivity contribution in [3.63, 3.8) is 0 Å². The van der Waals surface area contributed by atoms with Gasteiger partial charge in [-0.05, 0) is 28.3 Å². The van der Waals surface area contributed by atoms with Crippen LogP contribution in [-0.2, 0) is 0 Å². The molecule has 1 aromatic rings. The zero-order valence-corrected chi connectivity index (χ0v) is 9.45. The normalized spacial score (nSPS) is 12.1. The summed E-state index contributed by atoms with van der Waals surface area (Å²) in [7, 11) is 0. The zero-order chi connectivity index (χ0) is 11.3. The molecule has 0 spiro atoms. The predicted octanol–water partition coefficient (Wildman–Crippen LogP) is 2.15. The highest BCUT2D eigenvalue weighted by atomic mass is 32.2. The van der Waals surface area contributed by atoms with E-state index in [0.717, 1.165) is 0 Å². The van der Waals surface area contributed by atoms with Crippen LogP contribution in [-0.4, -0.2) is 28.0 Å². The molecule has 6 heteroatoms. The summed E-state index contributed by atoms with van der Waals surface area (Å²) in [6, 6.07) is 3.34. The summed E-state index contributed by atoms with van der Waals surface area (Å²) >= 11 is 1.71. The van der Waals surface area contributed by atoms with Crippen molar-refractivity contribution in [2.45, 2.75) is 12.2 Å². The van der Waals surface area contributed by atoms with Crippen molar-refractivity contribution in [2.75, 3.05) is 18.1 Å². The van der Waals surface area contributed by atoms with Gasteiger partial charge in [-0.3, -0.25) is 0 Å². The first-order chi connectivity index (χ1) is 7.15. The van der Waals surface area contributed by atoms with Gasteiger partial charge in [0.15, 0.2) is 0 Å². The van der Waals surface area contributed by atoms with Crippen LogP contribution in [0.4, 0.5) is 11.5 Å². The number of hydrogen-bond acceptors (Lipinski definition) is 5. The van der Waals surface area contributed by atoms with Crippen LogP contribution < -0.4 is 5.32 Å². The lowest BCUT2D eigenvalue weighted by Crippen LogP contribution is -2.13. The van der Waals surface area contributed by atoms with Gasteiger partial charge in [0.05, 0.1) is 0 Å². The summed E-state index contributed by atoms with van der Waals surface area (Å²) in [5.41, 5.74) is 0.475. The van der Waals surface area contributed by atoms with Crippen LogP contribution in [0.1, 0.15) is 6.92 Å². The first kappa shape index (κ1) is 11.8. The highest BCUT2D eigenvalue weighted by Gasteiger charge is 2.13. The van der Waals surface area contributed by atoms with E-state index in [1.54, 1.807) is 23.9 Å². The lowest BCUT2D eigenvalue weighted by Gasteiger charge is -2.10. The third kappa shape index (κ3) is 3.39. The average Bonchev–Trinajstić information content (AvgIpc) is 2.26. The second-order valence-electron chi connectivity index (χ2n) is 3.06. The summed E-state index contributed by atoms with van der Waals surface area (Å²) in [6.45, 7) is 2.74. The molecule has 0 saturated heterocycles. The molecule has 0 aliphatic rings. The Kier molecular flexibility index (Phi) is 4.36. The van der Waals surface area contributed by atoms with Crippen molar-refractivity contribution in [1.82, 2.24) is 4.98 Å². The van der Waals surface area contributed by atoms with Gasteiger partial charge in [0.2, 0.25) is 0 Å². The van der Waals surface area contributed by atoms with Gasteiger partial charge in [0.25, 0.3) is 0 Å². The number of pyridine rings is 1. The third-order valence-corrected chi connectivity index (χ3v) is 2.91. The molecule has 1 rings (SSSR count). The van der Waals surface area contributed by atoms with Gasteiger partial charge >= 0.3 is 5.82 Å². The molecule has 1 heterocycles. The van der Waals surface area contributed by atoms with Crippen LogP contribution in [0.3, 0.4) is 0 Å². The Morgan fingerprint density at radius 3 is 3.07 bits per heavy atom. The monoisotopic (exact) mass is 227 g/mol. The molecular weight excluding hydrogens is 214 g/mol. The van der Waals surface area contributed by atoms with Gasteiger partial charge in [-0.2, -0.15) is 11.8 Å². The third-order valence-electron chi connectivity index (χ3n) is 1.94. The Morgan fingerprint density at radius 2 is 2.47 bits per heavy atom. The minimum absolute atomic E-state index is 0.120. The van der Waals surface area contributed by atoms with E-state index in [1.165, 1.54) is 6.20 Å². The highest BCUT2D eigenvalue weighted by Crippen LogP contribution is 2.20. The minimum atomic E-state index is -0.480. The van der Waals surface area contributed by atoms with Crippen LogP contribution in [0.5, 0.6) is 0 Å².